The molecule has 0 unspecified atom stereocenters. The lowest BCUT2D eigenvalue weighted by Gasteiger charge is -2.05. The van der Waals surface area contributed by atoms with E-state index in [1.54, 1.807) is 23.3 Å². The number of pyridine rings is 1. The van der Waals surface area contributed by atoms with Crippen LogP contribution in [0.3, 0.4) is 0 Å². The molecule has 1 aromatic carbocycles. The van der Waals surface area contributed by atoms with Crippen molar-refractivity contribution in [3.05, 3.63) is 66.6 Å². The summed E-state index contributed by atoms with van der Waals surface area (Å²) >= 11 is 0. The van der Waals surface area contributed by atoms with Gasteiger partial charge in [0.2, 0.25) is 0 Å². The number of rotatable bonds is 8. The van der Waals surface area contributed by atoms with Gasteiger partial charge in [-0.2, -0.15) is 5.10 Å². The van der Waals surface area contributed by atoms with Crippen LogP contribution in [-0.4, -0.2) is 40.3 Å². The Morgan fingerprint density at radius 3 is 2.64 bits per heavy atom. The molecule has 1 amide bonds. The summed E-state index contributed by atoms with van der Waals surface area (Å²) in [6, 6.07) is 13.3. The topological polar surface area (TPSA) is 86.1 Å². The van der Waals surface area contributed by atoms with Crippen molar-refractivity contribution in [3.63, 3.8) is 0 Å². The first-order valence-corrected chi connectivity index (χ1v) is 9.09. The Kier molecular flexibility index (Phi) is 6.51. The maximum atomic E-state index is 12.8. The Labute approximate surface area is 163 Å². The van der Waals surface area contributed by atoms with Crippen molar-refractivity contribution >= 4 is 11.9 Å². The molecule has 0 spiro atoms. The molecular weight excluding hydrogens is 356 g/mol. The predicted molar refractivity (Wildman–Crippen MR) is 105 cm³/mol. The number of carbonyl (C=O) groups excluding carboxylic acids is 2. The molecule has 7 nitrogen and oxygen atoms in total. The lowest BCUT2D eigenvalue weighted by molar-refractivity contribution is -0.140. The van der Waals surface area contributed by atoms with Crippen molar-refractivity contribution in [1.82, 2.24) is 20.1 Å². The van der Waals surface area contributed by atoms with Gasteiger partial charge in [-0.3, -0.25) is 14.6 Å². The molecule has 7 heteroatoms. The van der Waals surface area contributed by atoms with Gasteiger partial charge in [0.1, 0.15) is 5.69 Å². The number of nitrogens with zero attached hydrogens (tertiary/aromatic N) is 3. The van der Waals surface area contributed by atoms with Crippen molar-refractivity contribution < 1.29 is 14.3 Å². The Balaban J connectivity index is 1.76. The molecule has 2 aromatic heterocycles. The minimum absolute atomic E-state index is 0.209. The fraction of sp³-hybridized carbons (Fsp3) is 0.238. The largest absolute Gasteiger partial charge is 0.469 e. The quantitative estimate of drug-likeness (QED) is 0.481. The van der Waals surface area contributed by atoms with Crippen LogP contribution in [0.15, 0.2) is 61.1 Å². The number of hydrogen-bond acceptors (Lipinski definition) is 5. The van der Waals surface area contributed by atoms with Crippen LogP contribution in [0.25, 0.3) is 16.9 Å². The van der Waals surface area contributed by atoms with E-state index in [-0.39, 0.29) is 11.9 Å². The number of amides is 1. The highest BCUT2D eigenvalue weighted by molar-refractivity contribution is 5.99. The van der Waals surface area contributed by atoms with E-state index in [1.807, 2.05) is 42.5 Å². The Bertz CT molecular complexity index is 923. The number of carbonyl (C=O) groups is 2. The molecule has 0 aliphatic rings. The fourth-order valence-corrected chi connectivity index (χ4v) is 2.76. The highest BCUT2D eigenvalue weighted by atomic mass is 16.5. The van der Waals surface area contributed by atoms with Gasteiger partial charge >= 0.3 is 5.97 Å². The molecular formula is C21H22N4O3. The van der Waals surface area contributed by atoms with Gasteiger partial charge in [-0.25, -0.2) is 4.68 Å². The predicted octanol–water partition coefficient (Wildman–Crippen LogP) is 3.01. The average molecular weight is 378 g/mol. The zero-order chi connectivity index (χ0) is 19.8. The van der Waals surface area contributed by atoms with Gasteiger partial charge in [0, 0.05) is 37.1 Å². The van der Waals surface area contributed by atoms with Gasteiger partial charge < -0.3 is 10.1 Å². The first-order valence-electron chi connectivity index (χ1n) is 9.09. The summed E-state index contributed by atoms with van der Waals surface area (Å²) in [4.78, 5) is 28.0. The van der Waals surface area contributed by atoms with Crippen molar-refractivity contribution in [2.45, 2.75) is 19.3 Å². The molecule has 0 bridgehead atoms. The molecule has 0 aliphatic heterocycles. The van der Waals surface area contributed by atoms with Gasteiger partial charge in [0.25, 0.3) is 5.91 Å². The Morgan fingerprint density at radius 2 is 1.93 bits per heavy atom. The lowest BCUT2D eigenvalue weighted by atomic mass is 10.1. The molecule has 3 rings (SSSR count). The van der Waals surface area contributed by atoms with E-state index in [1.165, 1.54) is 7.11 Å². The molecule has 28 heavy (non-hydrogen) atoms. The van der Waals surface area contributed by atoms with Gasteiger partial charge in [0.05, 0.1) is 18.4 Å². The van der Waals surface area contributed by atoms with Gasteiger partial charge in [0.15, 0.2) is 0 Å². The van der Waals surface area contributed by atoms with Crippen LogP contribution >= 0.6 is 0 Å². The molecule has 3 aromatic rings. The second-order valence-electron chi connectivity index (χ2n) is 6.20. The van der Waals surface area contributed by atoms with Crippen molar-refractivity contribution in [3.8, 4) is 16.9 Å². The maximum Gasteiger partial charge on any atom is 0.305 e. The SMILES string of the molecule is COC(=O)CCCCNC(=O)c1cn(-c2ccccc2)nc1-c1cccnc1. The number of unbranched alkanes of at least 4 members (excludes halogenated alkanes) is 1. The summed E-state index contributed by atoms with van der Waals surface area (Å²) in [6.07, 6.45) is 6.78. The monoisotopic (exact) mass is 378 g/mol. The molecule has 144 valence electrons. The number of nitrogens with one attached hydrogen (secondary N) is 1. The van der Waals surface area contributed by atoms with E-state index in [0.29, 0.717) is 37.1 Å². The smallest absolute Gasteiger partial charge is 0.305 e. The minimum atomic E-state index is -0.241. The summed E-state index contributed by atoms with van der Waals surface area (Å²) in [6.45, 7) is 0.471. The van der Waals surface area contributed by atoms with E-state index >= 15 is 0 Å². The van der Waals surface area contributed by atoms with Crippen LogP contribution < -0.4 is 5.32 Å². The summed E-state index contributed by atoms with van der Waals surface area (Å²) in [5.74, 6) is -0.451. The molecule has 0 atom stereocenters. The maximum absolute atomic E-state index is 12.8. The lowest BCUT2D eigenvalue weighted by Crippen LogP contribution is -2.24. The van der Waals surface area contributed by atoms with Gasteiger partial charge in [-0.1, -0.05) is 18.2 Å². The molecule has 0 radical (unpaired) electrons. The number of esters is 1. The first kappa shape index (κ1) is 19.3. The van der Waals surface area contributed by atoms with Crippen LogP contribution in [-0.2, 0) is 9.53 Å². The van der Waals surface area contributed by atoms with Gasteiger partial charge in [-0.15, -0.1) is 0 Å². The normalized spacial score (nSPS) is 10.5. The Hall–Kier alpha value is -3.48. The van der Waals surface area contributed by atoms with E-state index in [4.69, 9.17) is 0 Å². The Morgan fingerprint density at radius 1 is 1.11 bits per heavy atom. The number of hydrogen-bond donors (Lipinski definition) is 1. The average Bonchev–Trinajstić information content (AvgIpc) is 3.20. The highest BCUT2D eigenvalue weighted by Crippen LogP contribution is 2.23. The van der Waals surface area contributed by atoms with Crippen molar-refractivity contribution in [2.75, 3.05) is 13.7 Å². The van der Waals surface area contributed by atoms with E-state index < -0.39 is 0 Å². The molecule has 1 N–H and O–H groups in total. The summed E-state index contributed by atoms with van der Waals surface area (Å²) in [5.41, 5.74) is 2.69. The highest BCUT2D eigenvalue weighted by Gasteiger charge is 2.18. The third-order valence-corrected chi connectivity index (χ3v) is 4.24. The zero-order valence-corrected chi connectivity index (χ0v) is 15.7. The number of ether oxygens (including phenoxy) is 1. The van der Waals surface area contributed by atoms with Crippen LogP contribution in [0.5, 0.6) is 0 Å². The van der Waals surface area contributed by atoms with Crippen LogP contribution in [0.2, 0.25) is 0 Å². The van der Waals surface area contributed by atoms with Crippen LogP contribution in [0.1, 0.15) is 29.6 Å². The first-order chi connectivity index (χ1) is 13.7. The summed E-state index contributed by atoms with van der Waals surface area (Å²) < 4.78 is 6.30. The summed E-state index contributed by atoms with van der Waals surface area (Å²) in [5, 5.41) is 7.51. The fourth-order valence-electron chi connectivity index (χ4n) is 2.76. The molecule has 0 aliphatic carbocycles. The van der Waals surface area contributed by atoms with Gasteiger partial charge in [-0.05, 0) is 37.1 Å². The second kappa shape index (κ2) is 9.45. The number of benzene rings is 1. The molecule has 2 heterocycles. The molecule has 0 fully saturated rings. The van der Waals surface area contributed by atoms with Crippen LogP contribution in [0, 0.1) is 0 Å². The van der Waals surface area contributed by atoms with E-state index in [2.05, 4.69) is 20.1 Å². The zero-order valence-electron chi connectivity index (χ0n) is 15.7. The minimum Gasteiger partial charge on any atom is -0.469 e. The molecule has 0 saturated heterocycles. The van der Waals surface area contributed by atoms with Crippen molar-refractivity contribution in [2.24, 2.45) is 0 Å². The van der Waals surface area contributed by atoms with Crippen LogP contribution in [0.4, 0.5) is 0 Å². The molecule has 0 saturated carbocycles. The third-order valence-electron chi connectivity index (χ3n) is 4.24. The standard InChI is InChI=1S/C21H22N4O3/c1-28-19(26)11-5-6-13-23-21(27)18-15-25(17-9-3-2-4-10-17)24-20(18)16-8-7-12-22-14-16/h2-4,7-10,12,14-15H,5-6,11,13H2,1H3,(H,23,27). The summed E-state index contributed by atoms with van der Waals surface area (Å²) in [7, 11) is 1.37. The van der Waals surface area contributed by atoms with E-state index in [9.17, 15) is 9.59 Å². The van der Waals surface area contributed by atoms with Crippen molar-refractivity contribution in [1.29, 1.82) is 0 Å². The third kappa shape index (κ3) is 4.82. The number of para-hydroxylation sites is 1. The number of aromatic nitrogens is 3. The van der Waals surface area contributed by atoms with E-state index in [0.717, 1.165) is 11.3 Å². The number of methoxy groups -OCH3 is 1. The second-order valence-corrected chi connectivity index (χ2v) is 6.20.